The van der Waals surface area contributed by atoms with Gasteiger partial charge in [0.05, 0.1) is 40.9 Å². The second-order valence-electron chi connectivity index (χ2n) is 13.3. The van der Waals surface area contributed by atoms with Gasteiger partial charge < -0.3 is 30.7 Å². The molecule has 0 aliphatic carbocycles. The average Bonchev–Trinajstić information content (AvgIpc) is 3.53. The van der Waals surface area contributed by atoms with Crippen molar-refractivity contribution in [2.24, 2.45) is 10.8 Å². The molecule has 0 aromatic rings. The summed E-state index contributed by atoms with van der Waals surface area (Å²) in [5.41, 5.74) is -1.48. The summed E-state index contributed by atoms with van der Waals surface area (Å²) in [6, 6.07) is 0.405. The number of alkyl halides is 1. The second kappa shape index (κ2) is 20.0. The molecule has 2 rings (SSSR count). The minimum Gasteiger partial charge on any atom is 0 e. The van der Waals surface area contributed by atoms with Crippen molar-refractivity contribution in [3.63, 3.8) is 0 Å². The number of fused-ring (bicyclic) bond motifs is 1. The van der Waals surface area contributed by atoms with Gasteiger partial charge >= 0.3 is 53.8 Å². The summed E-state index contributed by atoms with van der Waals surface area (Å²) in [5, 5.41) is 13.2. The Morgan fingerprint density at radius 1 is 1.07 bits per heavy atom. The first kappa shape index (κ1) is 40.5. The van der Waals surface area contributed by atoms with Crippen molar-refractivity contribution >= 4 is 91.1 Å². The van der Waals surface area contributed by atoms with Crippen molar-refractivity contribution in [1.29, 1.82) is 4.16 Å². The zero-order chi connectivity index (χ0) is 34.5. The van der Waals surface area contributed by atoms with Crippen LogP contribution in [0.1, 0.15) is 82.5 Å². The molecule has 2 heterocycles. The van der Waals surface area contributed by atoms with E-state index in [1.807, 2.05) is 25.6 Å². The maximum Gasteiger partial charge on any atom is 0 e. The van der Waals surface area contributed by atoms with Crippen molar-refractivity contribution in [2.75, 3.05) is 36.5 Å². The molecule has 0 bridgehead atoms. The van der Waals surface area contributed by atoms with E-state index in [2.05, 4.69) is 85.4 Å². The normalized spacial score (nSPS) is 20.7. The number of halogens is 3. The van der Waals surface area contributed by atoms with Gasteiger partial charge in [-0.25, -0.2) is 4.79 Å². The Bertz CT molecular complexity index is 1010. The predicted octanol–water partition coefficient (Wildman–Crippen LogP) is 5.57. The molecular formula is C28H55BI3N5O6S. The summed E-state index contributed by atoms with van der Waals surface area (Å²) < 4.78 is 35.7. The van der Waals surface area contributed by atoms with Gasteiger partial charge in [-0.2, -0.15) is 11.8 Å². The van der Waals surface area contributed by atoms with Crippen LogP contribution in [0.15, 0.2) is 0 Å². The Morgan fingerprint density at radius 3 is 2.09 bits per heavy atom. The summed E-state index contributed by atoms with van der Waals surface area (Å²) in [6.45, 7) is 18.5. The van der Waals surface area contributed by atoms with Crippen molar-refractivity contribution in [2.45, 2.75) is 110 Å². The van der Waals surface area contributed by atoms with E-state index in [1.165, 1.54) is 0 Å². The van der Waals surface area contributed by atoms with Crippen molar-refractivity contribution in [3.8, 4) is 0 Å². The van der Waals surface area contributed by atoms with Gasteiger partial charge in [0, 0.05) is 42.8 Å². The second-order valence-corrected chi connectivity index (χ2v) is 22.6. The molecule has 0 spiro atoms. The molecule has 11 nitrogen and oxygen atoms in total. The largest absolute Gasteiger partial charge is 0 e. The molecular weight excluding hydrogens is 926 g/mol. The van der Waals surface area contributed by atoms with Gasteiger partial charge in [-0.05, 0) is 40.5 Å². The van der Waals surface area contributed by atoms with E-state index in [1.54, 1.807) is 0 Å². The fraction of sp³-hybridized carbons (Fsp3) is 0.893. The van der Waals surface area contributed by atoms with E-state index in [0.717, 1.165) is 25.0 Å². The maximum atomic E-state index is 12.5. The Kier molecular flexibility index (Phi) is 18.4. The van der Waals surface area contributed by atoms with Crippen LogP contribution in [0.2, 0.25) is 0 Å². The monoisotopic (exact) mass is 983 g/mol. The molecule has 3 atom stereocenters. The Balaban J connectivity index is 0.00000263. The summed E-state index contributed by atoms with van der Waals surface area (Å²) in [5.74, 6) is 1.05. The molecule has 2 fully saturated rings. The first-order valence-corrected chi connectivity index (χ1v) is 26.0. The first-order valence-electron chi connectivity index (χ1n) is 15.2. The third kappa shape index (κ3) is 14.2. The van der Waals surface area contributed by atoms with Gasteiger partial charge in [-0.3, -0.25) is 9.59 Å². The number of amides is 4. The molecule has 5 N–H and O–H groups in total. The topological polar surface area (TPSA) is 159 Å². The number of ether oxygens (including phenoxy) is 2. The standard InChI is InChI=1S/C28H51IN4O5S.BH2I2NO.H2/c1-25(2,17-30-21(34)12-10-9-11-20-23-19(16-39-20)32-24(36)33-23)27(5,6)37-13-14-38-28(7,8)26(3,4)18-31-22(35)15-29;4-3-2-1-5;/h19-20,23H,9-18H2,1-8H3,(H,30,34)(H,31,35)(H2,32,33,36);2,4H;1H/i;2T;. The van der Waals surface area contributed by atoms with Crippen molar-refractivity contribution < 1.29 is 30.0 Å². The number of unbranched alkanes of at least 4 members (excludes halogenated alkanes) is 1. The van der Waals surface area contributed by atoms with Gasteiger partial charge in [0.25, 0.3) is 0 Å². The van der Waals surface area contributed by atoms with Crippen molar-refractivity contribution in [1.82, 2.24) is 21.3 Å². The summed E-state index contributed by atoms with van der Waals surface area (Å²) in [7, 11) is 0. The summed E-state index contributed by atoms with van der Waals surface area (Å²) in [6.07, 6.45) is 3.33. The molecule has 16 heteroatoms. The van der Waals surface area contributed by atoms with Crippen LogP contribution in [0.4, 0.5) is 4.79 Å². The van der Waals surface area contributed by atoms with E-state index in [4.69, 9.17) is 13.6 Å². The maximum absolute atomic E-state index is 12.5. The van der Waals surface area contributed by atoms with Crippen LogP contribution in [0, 0.1) is 14.4 Å². The zero-order valence-electron chi connectivity index (χ0n) is 28.4. The molecule has 0 radical (unpaired) electrons. The van der Waals surface area contributed by atoms with Gasteiger partial charge in [0.1, 0.15) is 0 Å². The number of carbonyl (C=O) groups excluding carboxylic acids is 3. The Labute approximate surface area is 300 Å². The van der Waals surface area contributed by atoms with E-state index in [0.29, 0.717) is 47.4 Å². The van der Waals surface area contributed by atoms with Crippen molar-refractivity contribution in [3.05, 3.63) is 0 Å². The Hall–Kier alpha value is 0.335. The summed E-state index contributed by atoms with van der Waals surface area (Å²) in [4.78, 5) is 35.8. The number of carbonyl (C=O) groups is 3. The van der Waals surface area contributed by atoms with Crippen LogP contribution >= 0.6 is 68.2 Å². The van der Waals surface area contributed by atoms with E-state index in [-0.39, 0.29) is 42.2 Å². The fourth-order valence-corrected chi connectivity index (χ4v) is 7.03. The minimum absolute atomic E-state index is 0. The molecule has 2 aliphatic rings. The van der Waals surface area contributed by atoms with Crippen LogP contribution in [-0.2, 0) is 23.8 Å². The molecule has 2 saturated heterocycles. The smallest absolute Gasteiger partial charge is 0 e. The molecule has 4 amide bonds. The number of hydrogen-bond acceptors (Lipinski definition) is 8. The SMILES string of the molecule is CC(C)(CNC(=O)CI)C(C)(C)OCCOC(C)(C)C(C)(C)CNC(=O)CCCCC1SCC2NC(=O)NC21.[3H]I(B=O)I=N.[HH]. The minimum atomic E-state index is -1.95. The van der Waals surface area contributed by atoms with E-state index < -0.39 is 45.1 Å². The number of thioether (sulfide) groups is 1. The average molecular weight is 983 g/mol. The van der Waals surface area contributed by atoms with Crippen LogP contribution in [0.25, 0.3) is 0 Å². The zero-order valence-corrected chi connectivity index (χ0v) is 34.7. The molecule has 0 saturated carbocycles. The van der Waals surface area contributed by atoms with E-state index in [9.17, 15) is 19.1 Å². The molecule has 44 heavy (non-hydrogen) atoms. The molecule has 0 aromatic heterocycles. The molecule has 258 valence electrons. The fourth-order valence-electron chi connectivity index (χ4n) is 4.48. The van der Waals surface area contributed by atoms with Crippen LogP contribution in [-0.4, -0.2) is 88.5 Å². The number of urea groups is 1. The molecule has 0 aromatic carbocycles. The molecule has 3 unspecified atom stereocenters. The number of rotatable bonds is 19. The van der Waals surface area contributed by atoms with Crippen LogP contribution in [0.3, 0.4) is 0 Å². The Morgan fingerprint density at radius 2 is 1.61 bits per heavy atom. The predicted molar refractivity (Wildman–Crippen MR) is 207 cm³/mol. The van der Waals surface area contributed by atoms with Gasteiger partial charge in [0.2, 0.25) is 11.8 Å². The first-order chi connectivity index (χ1) is 20.8. The third-order valence-electron chi connectivity index (χ3n) is 9.00. The number of hydrogen-bond donors (Lipinski definition) is 5. The third-order valence-corrected chi connectivity index (χ3v) is 14.5. The van der Waals surface area contributed by atoms with Gasteiger partial charge in [-0.15, -0.1) is 0 Å². The molecule has 2 aliphatic heterocycles. The number of nitrogens with one attached hydrogen (secondary N) is 5. The quantitative estimate of drug-likeness (QED) is 0.0373. The van der Waals surface area contributed by atoms with E-state index >= 15 is 0 Å². The van der Waals surface area contributed by atoms with Crippen LogP contribution < -0.4 is 21.3 Å². The van der Waals surface area contributed by atoms with Crippen LogP contribution in [0.5, 0.6) is 0 Å². The summed E-state index contributed by atoms with van der Waals surface area (Å²) >= 11 is 1.26. The van der Waals surface area contributed by atoms with Gasteiger partial charge in [-0.1, -0.05) is 56.7 Å². The van der Waals surface area contributed by atoms with Gasteiger partial charge in [0.15, 0.2) is 0 Å².